The molecule has 0 radical (unpaired) electrons. The number of aryl methyl sites for hydroxylation is 1. The average Bonchev–Trinajstić information content (AvgIpc) is 2.78. The van der Waals surface area contributed by atoms with Gasteiger partial charge in [0.2, 0.25) is 5.89 Å². The van der Waals surface area contributed by atoms with Gasteiger partial charge in [-0.25, -0.2) is 4.79 Å². The van der Waals surface area contributed by atoms with E-state index in [0.717, 1.165) is 0 Å². The zero-order valence-corrected chi connectivity index (χ0v) is 11.3. The predicted molar refractivity (Wildman–Crippen MR) is 68.1 cm³/mol. The summed E-state index contributed by atoms with van der Waals surface area (Å²) in [4.78, 5) is 26.7. The van der Waals surface area contributed by atoms with Gasteiger partial charge in [-0.15, -0.1) is 0 Å². The molecule has 0 fully saturated rings. The highest BCUT2D eigenvalue weighted by Gasteiger charge is 2.19. The number of halogens is 1. The molecule has 8 heteroatoms. The monoisotopic (exact) mass is 325 g/mol. The summed E-state index contributed by atoms with van der Waals surface area (Å²) in [7, 11) is 0. The lowest BCUT2D eigenvalue weighted by atomic mass is 10.2. The summed E-state index contributed by atoms with van der Waals surface area (Å²) in [5.41, 5.74) is 0.102. The molecule has 2 aromatic rings. The second-order valence-electron chi connectivity index (χ2n) is 3.56. The predicted octanol–water partition coefficient (Wildman–Crippen LogP) is 2.09. The van der Waals surface area contributed by atoms with E-state index in [1.807, 2.05) is 0 Å². The molecular formula is C11H8BrN3O4. The number of nitrogens with zero attached hydrogens (tertiary/aromatic N) is 2. The van der Waals surface area contributed by atoms with Crippen molar-refractivity contribution in [1.82, 2.24) is 10.1 Å². The molecule has 0 spiro atoms. The Hall–Kier alpha value is -2.22. The number of rotatable bonds is 3. The minimum Gasteiger partial charge on any atom is -0.478 e. The van der Waals surface area contributed by atoms with Gasteiger partial charge < -0.3 is 14.9 Å². The molecule has 0 saturated carbocycles. The summed E-state index contributed by atoms with van der Waals surface area (Å²) in [5.74, 6) is -1.72. The summed E-state index contributed by atoms with van der Waals surface area (Å²) in [6, 6.07) is 4.55. The molecule has 0 unspecified atom stereocenters. The Morgan fingerprint density at radius 3 is 2.74 bits per heavy atom. The number of anilines is 1. The van der Waals surface area contributed by atoms with Crippen LogP contribution in [0, 0.1) is 6.92 Å². The second-order valence-corrected chi connectivity index (χ2v) is 4.41. The maximum Gasteiger partial charge on any atom is 0.337 e. The molecule has 19 heavy (non-hydrogen) atoms. The van der Waals surface area contributed by atoms with Crippen LogP contribution in [0.4, 0.5) is 5.69 Å². The van der Waals surface area contributed by atoms with Crippen LogP contribution in [0.2, 0.25) is 0 Å². The number of carboxylic acids is 1. The molecule has 1 heterocycles. The van der Waals surface area contributed by atoms with Gasteiger partial charge in [-0.1, -0.05) is 11.2 Å². The van der Waals surface area contributed by atoms with Crippen molar-refractivity contribution >= 4 is 33.5 Å². The fourth-order valence-electron chi connectivity index (χ4n) is 1.39. The van der Waals surface area contributed by atoms with Gasteiger partial charge >= 0.3 is 5.97 Å². The molecule has 0 saturated heterocycles. The molecule has 0 aliphatic rings. The molecule has 0 bridgehead atoms. The molecule has 2 N–H and O–H groups in total. The lowest BCUT2D eigenvalue weighted by molar-refractivity contribution is 0.0698. The quantitative estimate of drug-likeness (QED) is 0.895. The Kier molecular flexibility index (Phi) is 3.61. The van der Waals surface area contributed by atoms with Gasteiger partial charge in [-0.05, 0) is 28.1 Å². The topological polar surface area (TPSA) is 105 Å². The Morgan fingerprint density at radius 1 is 1.42 bits per heavy atom. The van der Waals surface area contributed by atoms with Crippen molar-refractivity contribution in [1.29, 1.82) is 0 Å². The normalized spacial score (nSPS) is 10.2. The number of aromatic nitrogens is 2. The first-order valence-electron chi connectivity index (χ1n) is 5.12. The SMILES string of the molecule is Cc1nc(C(=O)Nc2c(Br)cccc2C(=O)O)no1. The molecule has 0 atom stereocenters. The summed E-state index contributed by atoms with van der Waals surface area (Å²) in [6.07, 6.45) is 0. The van der Waals surface area contributed by atoms with Crippen LogP contribution in [0.1, 0.15) is 26.9 Å². The van der Waals surface area contributed by atoms with Gasteiger partial charge in [0.05, 0.1) is 11.3 Å². The molecule has 1 aromatic carbocycles. The van der Waals surface area contributed by atoms with Crippen LogP contribution in [0.25, 0.3) is 0 Å². The van der Waals surface area contributed by atoms with E-state index in [1.165, 1.54) is 6.07 Å². The number of benzene rings is 1. The summed E-state index contributed by atoms with van der Waals surface area (Å²) < 4.78 is 5.13. The molecule has 1 aromatic heterocycles. The van der Waals surface area contributed by atoms with Gasteiger partial charge in [-0.2, -0.15) is 4.98 Å². The van der Waals surface area contributed by atoms with Crippen LogP contribution >= 0.6 is 15.9 Å². The third kappa shape index (κ3) is 2.79. The molecule has 98 valence electrons. The van der Waals surface area contributed by atoms with Gasteiger partial charge in [0.25, 0.3) is 11.7 Å². The Bertz CT molecular complexity index is 653. The first kappa shape index (κ1) is 13.2. The zero-order valence-electron chi connectivity index (χ0n) is 9.68. The fourth-order valence-corrected chi connectivity index (χ4v) is 1.86. The van der Waals surface area contributed by atoms with Gasteiger partial charge in [-0.3, -0.25) is 4.79 Å². The molecule has 0 aliphatic carbocycles. The molecule has 1 amide bonds. The summed E-state index contributed by atoms with van der Waals surface area (Å²) in [5, 5.41) is 14.9. The second kappa shape index (κ2) is 5.19. The lowest BCUT2D eigenvalue weighted by Crippen LogP contribution is -2.16. The highest BCUT2D eigenvalue weighted by molar-refractivity contribution is 9.10. The molecule has 0 aliphatic heterocycles. The molecule has 2 rings (SSSR count). The van der Waals surface area contributed by atoms with Crippen LogP contribution in [0.3, 0.4) is 0 Å². The number of nitrogens with one attached hydrogen (secondary N) is 1. The minimum absolute atomic E-state index is 0.0389. The Morgan fingerprint density at radius 2 is 2.16 bits per heavy atom. The van der Waals surface area contributed by atoms with E-state index in [0.29, 0.717) is 4.47 Å². The maximum absolute atomic E-state index is 11.8. The zero-order chi connectivity index (χ0) is 14.0. The molecule has 7 nitrogen and oxygen atoms in total. The number of carboxylic acid groups (broad SMARTS) is 1. The maximum atomic E-state index is 11.8. The van der Waals surface area contributed by atoms with Crippen molar-refractivity contribution in [3.05, 3.63) is 40.0 Å². The van der Waals surface area contributed by atoms with Gasteiger partial charge in [0.1, 0.15) is 0 Å². The standard InChI is InChI=1S/C11H8BrN3O4/c1-5-13-9(15-19-5)10(16)14-8-6(11(17)18)3-2-4-7(8)12/h2-4H,1H3,(H,14,16)(H,17,18). The molecular weight excluding hydrogens is 318 g/mol. The van der Waals surface area contributed by atoms with Crippen LogP contribution in [0.15, 0.2) is 27.2 Å². The van der Waals surface area contributed by atoms with Crippen molar-refractivity contribution in [2.45, 2.75) is 6.92 Å². The smallest absolute Gasteiger partial charge is 0.337 e. The van der Waals surface area contributed by atoms with Crippen LogP contribution < -0.4 is 5.32 Å². The van der Waals surface area contributed by atoms with E-state index in [4.69, 9.17) is 5.11 Å². The summed E-state index contributed by atoms with van der Waals surface area (Å²) in [6.45, 7) is 1.55. The Balaban J connectivity index is 2.33. The number of amides is 1. The van der Waals surface area contributed by atoms with Crippen molar-refractivity contribution in [3.8, 4) is 0 Å². The number of carbonyl (C=O) groups excluding carboxylic acids is 1. The van der Waals surface area contributed by atoms with E-state index < -0.39 is 11.9 Å². The van der Waals surface area contributed by atoms with Crippen molar-refractivity contribution in [2.24, 2.45) is 0 Å². The van der Waals surface area contributed by atoms with E-state index in [-0.39, 0.29) is 23.0 Å². The van der Waals surface area contributed by atoms with Crippen LogP contribution in [0.5, 0.6) is 0 Å². The average molecular weight is 326 g/mol. The number of para-hydroxylation sites is 1. The van der Waals surface area contributed by atoms with E-state index in [2.05, 4.69) is 35.9 Å². The van der Waals surface area contributed by atoms with E-state index in [9.17, 15) is 9.59 Å². The van der Waals surface area contributed by atoms with Crippen molar-refractivity contribution in [3.63, 3.8) is 0 Å². The van der Waals surface area contributed by atoms with Crippen LogP contribution in [-0.2, 0) is 0 Å². The fraction of sp³-hybridized carbons (Fsp3) is 0.0909. The first-order valence-corrected chi connectivity index (χ1v) is 5.92. The number of hydrogen-bond acceptors (Lipinski definition) is 5. The highest BCUT2D eigenvalue weighted by Crippen LogP contribution is 2.26. The van der Waals surface area contributed by atoms with Crippen LogP contribution in [-0.4, -0.2) is 27.1 Å². The first-order chi connectivity index (χ1) is 8.99. The third-order valence-corrected chi connectivity index (χ3v) is 2.87. The Labute approximate surface area is 115 Å². The third-order valence-electron chi connectivity index (χ3n) is 2.21. The van der Waals surface area contributed by atoms with E-state index >= 15 is 0 Å². The summed E-state index contributed by atoms with van der Waals surface area (Å²) >= 11 is 3.18. The highest BCUT2D eigenvalue weighted by atomic mass is 79.9. The largest absolute Gasteiger partial charge is 0.478 e. The van der Waals surface area contributed by atoms with Crippen molar-refractivity contribution < 1.29 is 19.2 Å². The van der Waals surface area contributed by atoms with Crippen molar-refractivity contribution in [2.75, 3.05) is 5.32 Å². The lowest BCUT2D eigenvalue weighted by Gasteiger charge is -2.08. The number of aromatic carboxylic acids is 1. The number of carbonyl (C=O) groups is 2. The van der Waals surface area contributed by atoms with Gasteiger partial charge in [0.15, 0.2) is 0 Å². The van der Waals surface area contributed by atoms with E-state index in [1.54, 1.807) is 19.1 Å². The number of hydrogen-bond donors (Lipinski definition) is 2. The van der Waals surface area contributed by atoms with Gasteiger partial charge in [0, 0.05) is 11.4 Å². The minimum atomic E-state index is -1.15.